The van der Waals surface area contributed by atoms with E-state index in [-0.39, 0.29) is 9.90 Å². The van der Waals surface area contributed by atoms with Gasteiger partial charge in [0.25, 0.3) is 0 Å². The van der Waals surface area contributed by atoms with Gasteiger partial charge < -0.3 is 0 Å². The maximum absolute atomic E-state index is 12.0. The van der Waals surface area contributed by atoms with E-state index in [1.54, 1.807) is 0 Å². The lowest BCUT2D eigenvalue weighted by Crippen LogP contribution is -2.10. The predicted molar refractivity (Wildman–Crippen MR) is 53.6 cm³/mol. The Hall–Kier alpha value is 0.360. The van der Waals surface area contributed by atoms with E-state index in [0.717, 1.165) is 11.3 Å². The molecule has 1 rings (SSSR count). The smallest absolute Gasteiger partial charge is 0.171 e. The minimum Gasteiger partial charge on any atom is -0.171 e. The first-order chi connectivity index (χ1) is 6.29. The largest absolute Gasteiger partial charge is 0.390 e. The summed E-state index contributed by atoms with van der Waals surface area (Å²) in [5.41, 5.74) is 0.237. The van der Waals surface area contributed by atoms with Crippen LogP contribution in [-0.2, 0) is 0 Å². The second-order valence-corrected chi connectivity index (χ2v) is 5.38. The van der Waals surface area contributed by atoms with E-state index in [9.17, 15) is 13.2 Å². The molecule has 0 amide bonds. The summed E-state index contributed by atoms with van der Waals surface area (Å²) < 4.78 is 36.5. The zero-order valence-electron chi connectivity index (χ0n) is 6.54. The molecule has 0 aliphatic carbocycles. The van der Waals surface area contributed by atoms with Crippen LogP contribution < -0.4 is 0 Å². The number of rotatable bonds is 2. The summed E-state index contributed by atoms with van der Waals surface area (Å²) in [6, 6.07) is 1.36. The molecule has 0 nitrogen and oxygen atoms in total. The lowest BCUT2D eigenvalue weighted by molar-refractivity contribution is -0.134. The van der Waals surface area contributed by atoms with E-state index in [0.29, 0.717) is 4.34 Å². The number of halogens is 6. The van der Waals surface area contributed by atoms with Gasteiger partial charge in [0, 0.05) is 5.56 Å². The monoisotopic (exact) mass is 282 g/mol. The maximum atomic E-state index is 12.0. The summed E-state index contributed by atoms with van der Waals surface area (Å²) >= 11 is 17.8. The number of hydrogen-bond donors (Lipinski definition) is 0. The predicted octanol–water partition coefficient (Wildman–Crippen LogP) is 5.29. The van der Waals surface area contributed by atoms with Gasteiger partial charge in [-0.3, -0.25) is 0 Å². The van der Waals surface area contributed by atoms with Crippen molar-refractivity contribution in [3.8, 4) is 0 Å². The standard InChI is InChI=1S/C7H4Cl3F3S/c8-4(2-7(11,12)13)3-1-5(9)14-6(3)10/h1,4H,2H2. The molecule has 0 saturated heterocycles. The lowest BCUT2D eigenvalue weighted by Gasteiger charge is -2.10. The fraction of sp³-hybridized carbons (Fsp3) is 0.429. The van der Waals surface area contributed by atoms with Crippen LogP contribution in [0.25, 0.3) is 0 Å². The molecule has 0 fully saturated rings. The highest BCUT2D eigenvalue weighted by Gasteiger charge is 2.33. The van der Waals surface area contributed by atoms with Crippen LogP contribution in [0.4, 0.5) is 13.2 Å². The Morgan fingerprint density at radius 2 is 1.93 bits per heavy atom. The highest BCUT2D eigenvalue weighted by Crippen LogP contribution is 2.41. The van der Waals surface area contributed by atoms with E-state index in [1.807, 2.05) is 0 Å². The molecule has 1 aromatic heterocycles. The summed E-state index contributed by atoms with van der Waals surface area (Å²) in [6.45, 7) is 0. The molecule has 0 aromatic carbocycles. The van der Waals surface area contributed by atoms with E-state index in [4.69, 9.17) is 34.8 Å². The van der Waals surface area contributed by atoms with Crippen molar-refractivity contribution in [3.05, 3.63) is 20.3 Å². The summed E-state index contributed by atoms with van der Waals surface area (Å²) in [6.07, 6.45) is -5.41. The van der Waals surface area contributed by atoms with Crippen LogP contribution >= 0.6 is 46.1 Å². The van der Waals surface area contributed by atoms with Gasteiger partial charge in [-0.1, -0.05) is 23.2 Å². The first kappa shape index (κ1) is 12.4. The van der Waals surface area contributed by atoms with Gasteiger partial charge in [0.1, 0.15) is 0 Å². The van der Waals surface area contributed by atoms with Crippen molar-refractivity contribution in [1.29, 1.82) is 0 Å². The zero-order valence-corrected chi connectivity index (χ0v) is 9.62. The van der Waals surface area contributed by atoms with Gasteiger partial charge in [-0.2, -0.15) is 13.2 Å². The number of alkyl halides is 4. The molecule has 0 spiro atoms. The summed E-state index contributed by atoms with van der Waals surface area (Å²) in [7, 11) is 0. The van der Waals surface area contributed by atoms with E-state index >= 15 is 0 Å². The highest BCUT2D eigenvalue weighted by molar-refractivity contribution is 7.20. The van der Waals surface area contributed by atoms with Crippen LogP contribution in [0.2, 0.25) is 8.67 Å². The van der Waals surface area contributed by atoms with Crippen LogP contribution in [0.5, 0.6) is 0 Å². The van der Waals surface area contributed by atoms with Gasteiger partial charge in [0.05, 0.1) is 20.5 Å². The van der Waals surface area contributed by atoms with Crippen LogP contribution in [0.3, 0.4) is 0 Å². The molecule has 0 bridgehead atoms. The van der Waals surface area contributed by atoms with Crippen molar-refractivity contribution < 1.29 is 13.2 Å². The molecule has 0 radical (unpaired) electrons. The average molecular weight is 284 g/mol. The molecule has 1 unspecified atom stereocenters. The quantitative estimate of drug-likeness (QED) is 0.647. The number of thiophene rings is 1. The second-order valence-electron chi connectivity index (χ2n) is 2.57. The summed E-state index contributed by atoms with van der Waals surface area (Å²) in [5, 5.41) is -1.17. The Kier molecular flexibility index (Phi) is 3.97. The van der Waals surface area contributed by atoms with Crippen LogP contribution in [0, 0.1) is 0 Å². The third-order valence-corrected chi connectivity index (χ3v) is 3.34. The summed E-state index contributed by atoms with van der Waals surface area (Å²) in [4.78, 5) is 0. The molecular formula is C7H4Cl3F3S. The lowest BCUT2D eigenvalue weighted by atomic mass is 10.2. The van der Waals surface area contributed by atoms with Crippen molar-refractivity contribution in [1.82, 2.24) is 0 Å². The summed E-state index contributed by atoms with van der Waals surface area (Å²) in [5.74, 6) is 0. The van der Waals surface area contributed by atoms with Crippen molar-refractivity contribution in [2.75, 3.05) is 0 Å². The van der Waals surface area contributed by atoms with Crippen LogP contribution in [0.15, 0.2) is 6.07 Å². The molecule has 0 saturated carbocycles. The molecule has 0 N–H and O–H groups in total. The van der Waals surface area contributed by atoms with Crippen LogP contribution in [-0.4, -0.2) is 6.18 Å². The molecule has 1 atom stereocenters. The molecule has 0 aliphatic heterocycles. The third kappa shape index (κ3) is 3.50. The van der Waals surface area contributed by atoms with Gasteiger partial charge in [-0.25, -0.2) is 0 Å². The average Bonchev–Trinajstić information content (AvgIpc) is 2.26. The van der Waals surface area contributed by atoms with Gasteiger partial charge in [0.15, 0.2) is 0 Å². The Bertz CT molecular complexity index is 320. The van der Waals surface area contributed by atoms with E-state index < -0.39 is 18.0 Å². The molecule has 14 heavy (non-hydrogen) atoms. The van der Waals surface area contributed by atoms with Crippen LogP contribution in [0.1, 0.15) is 17.4 Å². The molecule has 1 heterocycles. The van der Waals surface area contributed by atoms with Crippen molar-refractivity contribution in [2.45, 2.75) is 18.0 Å². The Balaban J connectivity index is 2.79. The Labute approximate surface area is 97.6 Å². The van der Waals surface area contributed by atoms with Gasteiger partial charge in [-0.05, 0) is 6.07 Å². The zero-order chi connectivity index (χ0) is 10.9. The normalized spacial score (nSPS) is 14.4. The van der Waals surface area contributed by atoms with Gasteiger partial charge in [0.2, 0.25) is 0 Å². The minimum absolute atomic E-state index is 0.208. The Morgan fingerprint density at radius 1 is 1.36 bits per heavy atom. The molecule has 7 heteroatoms. The maximum Gasteiger partial charge on any atom is 0.390 e. The SMILES string of the molecule is FC(F)(F)CC(Cl)c1cc(Cl)sc1Cl. The Morgan fingerprint density at radius 3 is 2.29 bits per heavy atom. The van der Waals surface area contributed by atoms with Crippen molar-refractivity contribution in [2.24, 2.45) is 0 Å². The molecule has 1 aromatic rings. The fourth-order valence-corrected chi connectivity index (χ4v) is 2.93. The second kappa shape index (κ2) is 4.47. The fourth-order valence-electron chi connectivity index (χ4n) is 0.880. The first-order valence-electron chi connectivity index (χ1n) is 3.45. The molecule has 0 aliphatic rings. The topological polar surface area (TPSA) is 0 Å². The minimum atomic E-state index is -4.30. The van der Waals surface area contributed by atoms with Crippen molar-refractivity contribution in [3.63, 3.8) is 0 Å². The highest BCUT2D eigenvalue weighted by atomic mass is 35.5. The number of hydrogen-bond acceptors (Lipinski definition) is 1. The third-order valence-electron chi connectivity index (χ3n) is 1.43. The van der Waals surface area contributed by atoms with Crippen molar-refractivity contribution >= 4 is 46.1 Å². The van der Waals surface area contributed by atoms with E-state index in [2.05, 4.69) is 0 Å². The molecular weight excluding hydrogens is 279 g/mol. The van der Waals surface area contributed by atoms with Gasteiger partial charge in [-0.15, -0.1) is 22.9 Å². The molecule has 80 valence electrons. The van der Waals surface area contributed by atoms with Gasteiger partial charge >= 0.3 is 6.18 Å². The first-order valence-corrected chi connectivity index (χ1v) is 5.46. The van der Waals surface area contributed by atoms with E-state index in [1.165, 1.54) is 6.07 Å².